The van der Waals surface area contributed by atoms with Crippen LogP contribution in [0.4, 0.5) is 0 Å². The first-order valence-electron chi connectivity index (χ1n) is 7.73. The molecule has 1 atom stereocenters. The topological polar surface area (TPSA) is 78.4 Å². The number of benzene rings is 1. The van der Waals surface area contributed by atoms with Crippen LogP contribution in [0.25, 0.3) is 0 Å². The molecule has 0 bridgehead atoms. The lowest BCUT2D eigenvalue weighted by Crippen LogP contribution is -2.41. The highest BCUT2D eigenvalue weighted by Gasteiger charge is 2.23. The fourth-order valence-corrected chi connectivity index (χ4v) is 2.55. The number of aryl methyl sites for hydroxylation is 2. The molecule has 0 saturated heterocycles. The lowest BCUT2D eigenvalue weighted by molar-refractivity contribution is -0.139. The van der Waals surface area contributed by atoms with E-state index in [0.717, 1.165) is 11.1 Å². The average molecular weight is 352 g/mol. The summed E-state index contributed by atoms with van der Waals surface area (Å²) in [7, 11) is 0. The van der Waals surface area contributed by atoms with Crippen LogP contribution < -0.4 is 4.74 Å². The second-order valence-corrected chi connectivity index (χ2v) is 6.03. The number of aromatic nitrogens is 2. The predicted molar refractivity (Wildman–Crippen MR) is 92.1 cm³/mol. The van der Waals surface area contributed by atoms with E-state index >= 15 is 0 Å². The summed E-state index contributed by atoms with van der Waals surface area (Å²) in [5, 5.41) is 9.90. The zero-order chi connectivity index (χ0) is 17.7. The van der Waals surface area contributed by atoms with Crippen molar-refractivity contribution < 1.29 is 14.6 Å². The minimum Gasteiger partial charge on any atom is -0.481 e. The number of hydrogen-bond donors (Lipinski definition) is 2. The van der Waals surface area contributed by atoms with Crippen LogP contribution >= 0.6 is 11.6 Å². The summed E-state index contributed by atoms with van der Waals surface area (Å²) >= 11 is 6.15. The molecule has 0 radical (unpaired) electrons. The fraction of sp³-hybridized carbons (Fsp3) is 0.412. The maximum absolute atomic E-state index is 12.6. The van der Waals surface area contributed by atoms with E-state index in [1.165, 1.54) is 4.90 Å². The minimum atomic E-state index is -0.688. The molecule has 0 spiro atoms. The van der Waals surface area contributed by atoms with Crippen LogP contribution in [0.15, 0.2) is 24.5 Å². The highest BCUT2D eigenvalue weighted by atomic mass is 35.5. The third-order valence-electron chi connectivity index (χ3n) is 3.65. The Morgan fingerprint density at radius 1 is 1.42 bits per heavy atom. The number of imidazole rings is 1. The Morgan fingerprint density at radius 3 is 2.62 bits per heavy atom. The SMILES string of the molecule is Cc1cc(OC(C)C(=O)N(CCO)Cc2ncc[nH]2)cc(C)c1Cl. The van der Waals surface area contributed by atoms with Gasteiger partial charge in [-0.05, 0) is 44.0 Å². The Hall–Kier alpha value is -2.05. The summed E-state index contributed by atoms with van der Waals surface area (Å²) in [6, 6.07) is 3.62. The van der Waals surface area contributed by atoms with Crippen LogP contribution in [0.5, 0.6) is 5.75 Å². The van der Waals surface area contributed by atoms with Crippen LogP contribution in [-0.2, 0) is 11.3 Å². The van der Waals surface area contributed by atoms with Gasteiger partial charge in [-0.3, -0.25) is 4.79 Å². The summed E-state index contributed by atoms with van der Waals surface area (Å²) < 4.78 is 5.78. The molecule has 7 heteroatoms. The molecular formula is C17H22ClN3O3. The number of carbonyl (C=O) groups excluding carboxylic acids is 1. The van der Waals surface area contributed by atoms with Gasteiger partial charge >= 0.3 is 0 Å². The molecule has 2 N–H and O–H groups in total. The van der Waals surface area contributed by atoms with Crippen molar-refractivity contribution in [1.29, 1.82) is 0 Å². The zero-order valence-corrected chi connectivity index (χ0v) is 14.8. The summed E-state index contributed by atoms with van der Waals surface area (Å²) in [5.41, 5.74) is 1.79. The predicted octanol–water partition coefficient (Wildman–Crippen LogP) is 2.47. The van der Waals surface area contributed by atoms with Gasteiger partial charge in [-0.15, -0.1) is 0 Å². The van der Waals surface area contributed by atoms with Crippen molar-refractivity contribution in [2.45, 2.75) is 33.4 Å². The number of H-pyrrole nitrogens is 1. The summed E-state index contributed by atoms with van der Waals surface area (Å²) in [5.74, 6) is 1.03. The van der Waals surface area contributed by atoms with E-state index in [9.17, 15) is 9.90 Å². The first-order chi connectivity index (χ1) is 11.4. The molecule has 2 rings (SSSR count). The van der Waals surface area contributed by atoms with Gasteiger partial charge in [0.2, 0.25) is 0 Å². The van der Waals surface area contributed by atoms with Crippen molar-refractivity contribution in [3.63, 3.8) is 0 Å². The summed E-state index contributed by atoms with van der Waals surface area (Å²) in [6.45, 7) is 5.85. The van der Waals surface area contributed by atoms with Gasteiger partial charge in [0.15, 0.2) is 6.10 Å². The second-order valence-electron chi connectivity index (χ2n) is 5.65. The summed E-state index contributed by atoms with van der Waals surface area (Å²) in [4.78, 5) is 21.2. The number of aliphatic hydroxyl groups is 1. The lowest BCUT2D eigenvalue weighted by atomic mass is 10.1. The van der Waals surface area contributed by atoms with Gasteiger partial charge in [0.1, 0.15) is 11.6 Å². The molecule has 2 aromatic rings. The highest BCUT2D eigenvalue weighted by Crippen LogP contribution is 2.26. The Labute approximate surface area is 146 Å². The number of nitrogens with one attached hydrogen (secondary N) is 1. The molecule has 6 nitrogen and oxygen atoms in total. The van der Waals surface area contributed by atoms with E-state index in [0.29, 0.717) is 23.1 Å². The Kier molecular flexibility index (Phi) is 6.23. The van der Waals surface area contributed by atoms with Crippen LogP contribution in [0.3, 0.4) is 0 Å². The number of carbonyl (C=O) groups is 1. The quantitative estimate of drug-likeness (QED) is 0.803. The van der Waals surface area contributed by atoms with Crippen molar-refractivity contribution in [1.82, 2.24) is 14.9 Å². The number of hydrogen-bond acceptors (Lipinski definition) is 4. The molecule has 0 aliphatic heterocycles. The van der Waals surface area contributed by atoms with Gasteiger partial charge in [0.05, 0.1) is 13.2 Å². The number of aliphatic hydroxyl groups excluding tert-OH is 1. The number of halogens is 1. The van der Waals surface area contributed by atoms with Gasteiger partial charge in [0, 0.05) is 24.0 Å². The maximum atomic E-state index is 12.6. The number of ether oxygens (including phenoxy) is 1. The van der Waals surface area contributed by atoms with Gasteiger partial charge in [-0.25, -0.2) is 4.98 Å². The van der Waals surface area contributed by atoms with E-state index in [1.54, 1.807) is 19.3 Å². The minimum absolute atomic E-state index is 0.127. The Bertz CT molecular complexity index is 665. The van der Waals surface area contributed by atoms with Gasteiger partial charge in [-0.1, -0.05) is 11.6 Å². The first kappa shape index (κ1) is 18.3. The van der Waals surface area contributed by atoms with Crippen molar-refractivity contribution in [3.05, 3.63) is 46.5 Å². The number of nitrogens with zero attached hydrogens (tertiary/aromatic N) is 2. The van der Waals surface area contributed by atoms with E-state index < -0.39 is 6.10 Å². The van der Waals surface area contributed by atoms with E-state index in [2.05, 4.69) is 9.97 Å². The van der Waals surface area contributed by atoms with Crippen molar-refractivity contribution in [3.8, 4) is 5.75 Å². The van der Waals surface area contributed by atoms with Gasteiger partial charge in [0.25, 0.3) is 5.91 Å². The first-order valence-corrected chi connectivity index (χ1v) is 8.11. The number of amides is 1. The molecule has 1 heterocycles. The fourth-order valence-electron chi connectivity index (χ4n) is 2.44. The van der Waals surface area contributed by atoms with Crippen LogP contribution in [0.2, 0.25) is 5.02 Å². The standard InChI is InChI=1S/C17H22ClN3O3/c1-11-8-14(9-12(2)16(11)18)24-13(3)17(23)21(6-7-22)10-15-19-4-5-20-15/h4-5,8-9,13,22H,6-7,10H2,1-3H3,(H,19,20). The lowest BCUT2D eigenvalue weighted by Gasteiger charge is -2.25. The van der Waals surface area contributed by atoms with Crippen LogP contribution in [0.1, 0.15) is 23.9 Å². The maximum Gasteiger partial charge on any atom is 0.263 e. The third kappa shape index (κ3) is 4.49. The van der Waals surface area contributed by atoms with E-state index in [1.807, 2.05) is 26.0 Å². The molecule has 24 heavy (non-hydrogen) atoms. The third-order valence-corrected chi connectivity index (χ3v) is 4.24. The molecule has 1 unspecified atom stereocenters. The molecule has 0 aliphatic rings. The van der Waals surface area contributed by atoms with Crippen LogP contribution in [-0.4, -0.2) is 45.1 Å². The number of aromatic amines is 1. The molecule has 130 valence electrons. The zero-order valence-electron chi connectivity index (χ0n) is 14.0. The molecule has 0 saturated carbocycles. The molecule has 0 fully saturated rings. The second kappa shape index (κ2) is 8.17. The van der Waals surface area contributed by atoms with Crippen molar-refractivity contribution in [2.24, 2.45) is 0 Å². The van der Waals surface area contributed by atoms with Crippen molar-refractivity contribution in [2.75, 3.05) is 13.2 Å². The van der Waals surface area contributed by atoms with Crippen molar-refractivity contribution >= 4 is 17.5 Å². The summed E-state index contributed by atoms with van der Waals surface area (Å²) in [6.07, 6.45) is 2.62. The molecule has 0 aliphatic carbocycles. The molecule has 1 aromatic carbocycles. The highest BCUT2D eigenvalue weighted by molar-refractivity contribution is 6.32. The molecule has 1 aromatic heterocycles. The molecule has 1 amide bonds. The van der Waals surface area contributed by atoms with Gasteiger partial charge < -0.3 is 19.7 Å². The Morgan fingerprint density at radius 2 is 2.08 bits per heavy atom. The molecular weight excluding hydrogens is 330 g/mol. The number of rotatable bonds is 7. The smallest absolute Gasteiger partial charge is 0.263 e. The van der Waals surface area contributed by atoms with E-state index in [-0.39, 0.29) is 19.1 Å². The monoisotopic (exact) mass is 351 g/mol. The van der Waals surface area contributed by atoms with Crippen LogP contribution in [0, 0.1) is 13.8 Å². The largest absolute Gasteiger partial charge is 0.481 e. The normalized spacial score (nSPS) is 12.0. The Balaban J connectivity index is 2.08. The average Bonchev–Trinajstić information content (AvgIpc) is 3.04. The van der Waals surface area contributed by atoms with E-state index in [4.69, 9.17) is 16.3 Å². The van der Waals surface area contributed by atoms with Gasteiger partial charge in [-0.2, -0.15) is 0 Å².